The van der Waals surface area contributed by atoms with E-state index in [0.717, 1.165) is 77.5 Å². The van der Waals surface area contributed by atoms with Gasteiger partial charge >= 0.3 is 0 Å². The van der Waals surface area contributed by atoms with Gasteiger partial charge in [-0.3, -0.25) is 14.7 Å². The molecule has 1 aromatic carbocycles. The summed E-state index contributed by atoms with van der Waals surface area (Å²) in [5, 5.41) is 6.97. The van der Waals surface area contributed by atoms with Crippen LogP contribution in [0, 0.1) is 5.92 Å². The number of rotatable bonds is 6. The van der Waals surface area contributed by atoms with Crippen LogP contribution in [0.15, 0.2) is 29.3 Å². The van der Waals surface area contributed by atoms with E-state index in [2.05, 4.69) is 51.6 Å². The number of guanidine groups is 1. The number of nitrogens with one attached hydrogen (secondary N) is 2. The van der Waals surface area contributed by atoms with Crippen molar-refractivity contribution in [3.8, 4) is 0 Å². The van der Waals surface area contributed by atoms with E-state index in [1.54, 1.807) is 0 Å². The van der Waals surface area contributed by atoms with Crippen molar-refractivity contribution in [3.05, 3.63) is 35.4 Å². The second-order valence-electron chi connectivity index (χ2n) is 9.30. The SMILES string of the molecule is CCNC(=NCCN1CCc2ccccc2C1)NC1CCN(C(=O)C2CCCCC2)C1.I. The molecule has 178 valence electrons. The Balaban J connectivity index is 0.00000289. The monoisotopic (exact) mass is 553 g/mol. The van der Waals surface area contributed by atoms with E-state index in [4.69, 9.17) is 4.99 Å². The predicted octanol–water partition coefficient (Wildman–Crippen LogP) is 3.40. The summed E-state index contributed by atoms with van der Waals surface area (Å²) >= 11 is 0. The van der Waals surface area contributed by atoms with Crippen LogP contribution in [0.3, 0.4) is 0 Å². The van der Waals surface area contributed by atoms with Crippen LogP contribution in [0.4, 0.5) is 0 Å². The molecule has 1 aliphatic carbocycles. The molecular weight excluding hydrogens is 513 g/mol. The molecule has 32 heavy (non-hydrogen) atoms. The Morgan fingerprint density at radius 2 is 1.88 bits per heavy atom. The number of hydrogen-bond donors (Lipinski definition) is 2. The molecule has 3 aliphatic rings. The molecule has 6 nitrogen and oxygen atoms in total. The van der Waals surface area contributed by atoms with E-state index in [1.165, 1.54) is 30.4 Å². The largest absolute Gasteiger partial charge is 0.357 e. The van der Waals surface area contributed by atoms with Crippen molar-refractivity contribution in [2.75, 3.05) is 39.3 Å². The van der Waals surface area contributed by atoms with Gasteiger partial charge in [-0.25, -0.2) is 0 Å². The molecule has 2 N–H and O–H groups in total. The molecule has 0 aromatic heterocycles. The van der Waals surface area contributed by atoms with Gasteiger partial charge in [-0.05, 0) is 43.7 Å². The summed E-state index contributed by atoms with van der Waals surface area (Å²) in [6.07, 6.45) is 8.02. The molecule has 0 spiro atoms. The van der Waals surface area contributed by atoms with E-state index >= 15 is 0 Å². The van der Waals surface area contributed by atoms with Gasteiger partial charge in [0.2, 0.25) is 5.91 Å². The highest BCUT2D eigenvalue weighted by atomic mass is 127. The van der Waals surface area contributed by atoms with Gasteiger partial charge in [0, 0.05) is 51.2 Å². The normalized spacial score (nSPS) is 22.2. The zero-order valence-electron chi connectivity index (χ0n) is 19.5. The molecule has 2 fully saturated rings. The highest BCUT2D eigenvalue weighted by Crippen LogP contribution is 2.26. The lowest BCUT2D eigenvalue weighted by atomic mass is 9.88. The zero-order chi connectivity index (χ0) is 21.5. The molecule has 4 rings (SSSR count). The van der Waals surface area contributed by atoms with Crippen LogP contribution in [0.25, 0.3) is 0 Å². The summed E-state index contributed by atoms with van der Waals surface area (Å²) in [5.41, 5.74) is 2.95. The maximum absolute atomic E-state index is 12.8. The number of hydrogen-bond acceptors (Lipinski definition) is 3. The fourth-order valence-corrected chi connectivity index (χ4v) is 5.25. The summed E-state index contributed by atoms with van der Waals surface area (Å²) in [7, 11) is 0. The van der Waals surface area contributed by atoms with Crippen LogP contribution in [0.1, 0.15) is 56.6 Å². The quantitative estimate of drug-likeness (QED) is 0.322. The number of carbonyl (C=O) groups excluding carboxylic acids is 1. The molecule has 1 atom stereocenters. The Morgan fingerprint density at radius 3 is 2.66 bits per heavy atom. The van der Waals surface area contributed by atoms with E-state index in [-0.39, 0.29) is 29.9 Å². The second kappa shape index (κ2) is 12.8. The van der Waals surface area contributed by atoms with E-state index in [0.29, 0.717) is 11.9 Å². The number of benzene rings is 1. The van der Waals surface area contributed by atoms with Crippen LogP contribution in [-0.2, 0) is 17.8 Å². The number of halogens is 1. The maximum atomic E-state index is 12.8. The summed E-state index contributed by atoms with van der Waals surface area (Å²) in [6.45, 7) is 8.53. The van der Waals surface area contributed by atoms with Gasteiger partial charge in [0.05, 0.1) is 6.54 Å². The number of aliphatic imine (C=N–C) groups is 1. The lowest BCUT2D eigenvalue weighted by Gasteiger charge is -2.28. The fraction of sp³-hybridized carbons (Fsp3) is 0.680. The van der Waals surface area contributed by atoms with Crippen molar-refractivity contribution < 1.29 is 4.79 Å². The molecular formula is C25H40IN5O. The van der Waals surface area contributed by atoms with Gasteiger partial charge in [-0.15, -0.1) is 24.0 Å². The highest BCUT2D eigenvalue weighted by Gasteiger charge is 2.31. The third-order valence-electron chi connectivity index (χ3n) is 7.04. The van der Waals surface area contributed by atoms with Crippen LogP contribution in [0.5, 0.6) is 0 Å². The smallest absolute Gasteiger partial charge is 0.225 e. The minimum absolute atomic E-state index is 0. The van der Waals surface area contributed by atoms with Crippen LogP contribution in [-0.4, -0.2) is 67.0 Å². The third kappa shape index (κ3) is 6.83. The molecule has 1 aromatic rings. The first kappa shape index (κ1) is 25.3. The van der Waals surface area contributed by atoms with Crippen LogP contribution in [0.2, 0.25) is 0 Å². The lowest BCUT2D eigenvalue weighted by Crippen LogP contribution is -2.46. The van der Waals surface area contributed by atoms with E-state index in [1.807, 2.05) is 0 Å². The minimum atomic E-state index is 0. The molecule has 1 unspecified atom stereocenters. The number of amides is 1. The van der Waals surface area contributed by atoms with Gasteiger partial charge in [0.25, 0.3) is 0 Å². The summed E-state index contributed by atoms with van der Waals surface area (Å²) in [5.74, 6) is 1.54. The number of fused-ring (bicyclic) bond motifs is 1. The second-order valence-corrected chi connectivity index (χ2v) is 9.30. The summed E-state index contributed by atoms with van der Waals surface area (Å²) < 4.78 is 0. The molecule has 1 saturated heterocycles. The number of likely N-dealkylation sites (tertiary alicyclic amines) is 1. The van der Waals surface area contributed by atoms with Crippen LogP contribution < -0.4 is 10.6 Å². The zero-order valence-corrected chi connectivity index (χ0v) is 21.9. The van der Waals surface area contributed by atoms with Crippen molar-refractivity contribution in [2.24, 2.45) is 10.9 Å². The Hall–Kier alpha value is -1.35. The van der Waals surface area contributed by atoms with E-state index in [9.17, 15) is 4.79 Å². The summed E-state index contributed by atoms with van der Waals surface area (Å²) in [4.78, 5) is 22.3. The molecule has 2 aliphatic heterocycles. The van der Waals surface area contributed by atoms with Gasteiger partial charge in [0.1, 0.15) is 0 Å². The Kier molecular flexibility index (Phi) is 10.1. The molecule has 1 saturated carbocycles. The average molecular weight is 554 g/mol. The van der Waals surface area contributed by atoms with Gasteiger partial charge in [-0.2, -0.15) is 0 Å². The van der Waals surface area contributed by atoms with Crippen LogP contribution >= 0.6 is 24.0 Å². The van der Waals surface area contributed by atoms with Gasteiger partial charge in [-0.1, -0.05) is 43.5 Å². The van der Waals surface area contributed by atoms with Crippen molar-refractivity contribution in [3.63, 3.8) is 0 Å². The van der Waals surface area contributed by atoms with Crippen molar-refractivity contribution in [1.29, 1.82) is 0 Å². The van der Waals surface area contributed by atoms with E-state index < -0.39 is 0 Å². The lowest BCUT2D eigenvalue weighted by molar-refractivity contribution is -0.135. The van der Waals surface area contributed by atoms with Crippen molar-refractivity contribution in [1.82, 2.24) is 20.4 Å². The molecule has 0 radical (unpaired) electrons. The summed E-state index contributed by atoms with van der Waals surface area (Å²) in [6, 6.07) is 9.07. The standard InChI is InChI=1S/C25H39N5O.HI/c1-2-26-25(27-14-17-29-15-12-20-8-6-7-11-22(20)18-29)28-23-13-16-30(19-23)24(31)21-9-4-3-5-10-21;/h6-8,11,21,23H,2-5,9-10,12-19H2,1H3,(H2,26,27,28);1H. The maximum Gasteiger partial charge on any atom is 0.225 e. The predicted molar refractivity (Wildman–Crippen MR) is 142 cm³/mol. The number of nitrogens with zero attached hydrogens (tertiary/aromatic N) is 3. The molecule has 2 heterocycles. The van der Waals surface area contributed by atoms with Crippen molar-refractivity contribution >= 4 is 35.8 Å². The Morgan fingerprint density at radius 1 is 1.09 bits per heavy atom. The van der Waals surface area contributed by atoms with Gasteiger partial charge < -0.3 is 15.5 Å². The topological polar surface area (TPSA) is 60.0 Å². The molecule has 0 bridgehead atoms. The Bertz CT molecular complexity index is 764. The molecule has 7 heteroatoms. The Labute approximate surface area is 210 Å². The minimum Gasteiger partial charge on any atom is -0.357 e. The third-order valence-corrected chi connectivity index (χ3v) is 7.04. The fourth-order valence-electron chi connectivity index (χ4n) is 5.25. The first-order chi connectivity index (χ1) is 15.2. The number of carbonyl (C=O) groups is 1. The first-order valence-electron chi connectivity index (χ1n) is 12.4. The first-order valence-corrected chi connectivity index (χ1v) is 12.4. The highest BCUT2D eigenvalue weighted by molar-refractivity contribution is 14.0. The van der Waals surface area contributed by atoms with Gasteiger partial charge in [0.15, 0.2) is 5.96 Å². The average Bonchev–Trinajstić information content (AvgIpc) is 3.27. The van der Waals surface area contributed by atoms with Crippen molar-refractivity contribution in [2.45, 2.75) is 64.5 Å². The molecule has 1 amide bonds.